The molecular formula is C16H23N3O2. The first-order valence-corrected chi connectivity index (χ1v) is 7.43. The Morgan fingerprint density at radius 3 is 2.57 bits per heavy atom. The van der Waals surface area contributed by atoms with Gasteiger partial charge in [0.25, 0.3) is 0 Å². The second-order valence-corrected chi connectivity index (χ2v) is 6.79. The predicted molar refractivity (Wildman–Crippen MR) is 81.1 cm³/mol. The molecule has 1 aliphatic carbocycles. The molecule has 0 fully saturated rings. The van der Waals surface area contributed by atoms with E-state index in [1.165, 1.54) is 12.1 Å². The standard InChI is InChI=1S/C16H23N3O2/c1-16(2,3)10-6-7-11-12(8-10)19-14(21-5)9-13(20-4)18-15(19)17-11/h9-10H,6-8H2,1-5H3. The van der Waals surface area contributed by atoms with Crippen molar-refractivity contribution in [2.45, 2.75) is 40.0 Å². The number of aromatic nitrogens is 3. The van der Waals surface area contributed by atoms with Gasteiger partial charge in [-0.15, -0.1) is 0 Å². The zero-order valence-electron chi connectivity index (χ0n) is 13.4. The van der Waals surface area contributed by atoms with Gasteiger partial charge in [0.05, 0.1) is 31.7 Å². The number of rotatable bonds is 2. The minimum Gasteiger partial charge on any atom is -0.482 e. The van der Waals surface area contributed by atoms with Crippen LogP contribution >= 0.6 is 0 Å². The average molecular weight is 289 g/mol. The van der Waals surface area contributed by atoms with Crippen LogP contribution in [-0.2, 0) is 12.8 Å². The monoisotopic (exact) mass is 289 g/mol. The van der Waals surface area contributed by atoms with Gasteiger partial charge >= 0.3 is 0 Å². The third-order valence-corrected chi connectivity index (χ3v) is 4.53. The van der Waals surface area contributed by atoms with Crippen LogP contribution in [0.2, 0.25) is 0 Å². The van der Waals surface area contributed by atoms with Gasteiger partial charge in [0, 0.05) is 0 Å². The molecule has 114 valence electrons. The molecule has 0 aliphatic heterocycles. The van der Waals surface area contributed by atoms with Crippen molar-refractivity contribution >= 4 is 5.78 Å². The number of hydrogen-bond donors (Lipinski definition) is 0. The van der Waals surface area contributed by atoms with Gasteiger partial charge in [0.15, 0.2) is 0 Å². The van der Waals surface area contributed by atoms with Crippen molar-refractivity contribution in [2.75, 3.05) is 14.2 Å². The maximum absolute atomic E-state index is 5.52. The van der Waals surface area contributed by atoms with Crippen molar-refractivity contribution < 1.29 is 9.47 Å². The molecule has 0 spiro atoms. The summed E-state index contributed by atoms with van der Waals surface area (Å²) in [7, 11) is 3.28. The van der Waals surface area contributed by atoms with Crippen LogP contribution < -0.4 is 9.47 Å². The predicted octanol–water partition coefficient (Wildman–Crippen LogP) is 2.90. The smallest absolute Gasteiger partial charge is 0.240 e. The van der Waals surface area contributed by atoms with Crippen LogP contribution in [0.4, 0.5) is 0 Å². The summed E-state index contributed by atoms with van der Waals surface area (Å²) in [5.74, 6) is 2.59. The van der Waals surface area contributed by atoms with Crippen LogP contribution in [-0.4, -0.2) is 28.6 Å². The van der Waals surface area contributed by atoms with E-state index in [9.17, 15) is 0 Å². The minimum absolute atomic E-state index is 0.301. The van der Waals surface area contributed by atoms with E-state index in [0.717, 1.165) is 24.4 Å². The number of imidazole rings is 1. The SMILES string of the molecule is COc1cc(OC)n2c3c(nc2n1)CCC(C(C)(C)C)C3. The van der Waals surface area contributed by atoms with E-state index in [4.69, 9.17) is 9.47 Å². The van der Waals surface area contributed by atoms with Gasteiger partial charge in [0.1, 0.15) is 0 Å². The molecule has 1 aliphatic rings. The Kier molecular flexibility index (Phi) is 3.30. The third kappa shape index (κ3) is 2.34. The molecule has 0 bridgehead atoms. The van der Waals surface area contributed by atoms with E-state index in [0.29, 0.717) is 23.0 Å². The Hall–Kier alpha value is -1.78. The number of hydrogen-bond acceptors (Lipinski definition) is 4. The molecule has 0 saturated carbocycles. The van der Waals surface area contributed by atoms with Gasteiger partial charge in [0.2, 0.25) is 17.5 Å². The molecule has 0 amide bonds. The number of aryl methyl sites for hydroxylation is 1. The summed E-state index contributed by atoms with van der Waals surface area (Å²) in [6.45, 7) is 6.93. The minimum atomic E-state index is 0.301. The lowest BCUT2D eigenvalue weighted by molar-refractivity contribution is 0.212. The lowest BCUT2D eigenvalue weighted by Crippen LogP contribution is -2.27. The van der Waals surface area contributed by atoms with Gasteiger partial charge < -0.3 is 9.47 Å². The summed E-state index contributed by atoms with van der Waals surface area (Å²) in [4.78, 5) is 9.12. The highest BCUT2D eigenvalue weighted by Crippen LogP contribution is 2.38. The van der Waals surface area contributed by atoms with E-state index >= 15 is 0 Å². The van der Waals surface area contributed by atoms with Crippen molar-refractivity contribution in [3.63, 3.8) is 0 Å². The number of methoxy groups -OCH3 is 2. The van der Waals surface area contributed by atoms with Gasteiger partial charge in [-0.2, -0.15) is 4.98 Å². The van der Waals surface area contributed by atoms with Crippen molar-refractivity contribution in [3.8, 4) is 11.8 Å². The zero-order chi connectivity index (χ0) is 15.2. The fourth-order valence-corrected chi connectivity index (χ4v) is 3.14. The van der Waals surface area contributed by atoms with E-state index in [1.807, 2.05) is 10.5 Å². The first-order valence-electron chi connectivity index (χ1n) is 7.43. The molecular weight excluding hydrogens is 266 g/mol. The van der Waals surface area contributed by atoms with Crippen molar-refractivity contribution in [2.24, 2.45) is 11.3 Å². The normalized spacial score (nSPS) is 18.6. The van der Waals surface area contributed by atoms with E-state index < -0.39 is 0 Å². The molecule has 0 N–H and O–H groups in total. The van der Waals surface area contributed by atoms with Crippen LogP contribution in [0.1, 0.15) is 38.6 Å². The molecule has 1 unspecified atom stereocenters. The fourth-order valence-electron chi connectivity index (χ4n) is 3.14. The molecule has 0 radical (unpaired) electrons. The largest absolute Gasteiger partial charge is 0.482 e. The summed E-state index contributed by atoms with van der Waals surface area (Å²) in [6, 6.07) is 1.82. The molecule has 0 aromatic carbocycles. The van der Waals surface area contributed by atoms with Crippen LogP contribution in [0.15, 0.2) is 6.07 Å². The maximum atomic E-state index is 5.52. The molecule has 3 rings (SSSR count). The van der Waals surface area contributed by atoms with Crippen LogP contribution in [0.5, 0.6) is 11.8 Å². The Morgan fingerprint density at radius 2 is 1.95 bits per heavy atom. The number of ether oxygens (including phenoxy) is 2. The lowest BCUT2D eigenvalue weighted by atomic mass is 9.73. The van der Waals surface area contributed by atoms with Crippen molar-refractivity contribution in [3.05, 3.63) is 17.5 Å². The van der Waals surface area contributed by atoms with Crippen molar-refractivity contribution in [1.29, 1.82) is 0 Å². The van der Waals surface area contributed by atoms with Crippen LogP contribution in [0.3, 0.4) is 0 Å². The summed E-state index contributed by atoms with van der Waals surface area (Å²) in [5, 5.41) is 0. The maximum Gasteiger partial charge on any atom is 0.240 e. The molecule has 2 heterocycles. The Morgan fingerprint density at radius 1 is 1.19 bits per heavy atom. The molecule has 2 aromatic heterocycles. The zero-order valence-corrected chi connectivity index (χ0v) is 13.4. The first kappa shape index (κ1) is 14.2. The summed E-state index contributed by atoms with van der Waals surface area (Å²) >= 11 is 0. The molecule has 21 heavy (non-hydrogen) atoms. The van der Waals surface area contributed by atoms with E-state index in [2.05, 4.69) is 30.7 Å². The van der Waals surface area contributed by atoms with Crippen LogP contribution in [0, 0.1) is 11.3 Å². The van der Waals surface area contributed by atoms with Gasteiger partial charge in [-0.3, -0.25) is 4.40 Å². The van der Waals surface area contributed by atoms with Gasteiger partial charge in [-0.1, -0.05) is 20.8 Å². The third-order valence-electron chi connectivity index (χ3n) is 4.53. The highest BCUT2D eigenvalue weighted by Gasteiger charge is 2.32. The Labute approximate surface area is 125 Å². The van der Waals surface area contributed by atoms with Gasteiger partial charge in [-0.25, -0.2) is 4.98 Å². The summed E-state index contributed by atoms with van der Waals surface area (Å²) in [5.41, 5.74) is 2.69. The van der Waals surface area contributed by atoms with Crippen LogP contribution in [0.25, 0.3) is 5.78 Å². The second-order valence-electron chi connectivity index (χ2n) is 6.79. The highest BCUT2D eigenvalue weighted by atomic mass is 16.5. The molecule has 0 saturated heterocycles. The molecule has 5 heteroatoms. The van der Waals surface area contributed by atoms with E-state index in [-0.39, 0.29) is 0 Å². The summed E-state index contributed by atoms with van der Waals surface area (Å²) in [6.07, 6.45) is 3.20. The van der Waals surface area contributed by atoms with Gasteiger partial charge in [-0.05, 0) is 30.6 Å². The van der Waals surface area contributed by atoms with E-state index in [1.54, 1.807) is 14.2 Å². The Bertz CT molecular complexity index is 670. The highest BCUT2D eigenvalue weighted by molar-refractivity contribution is 5.44. The Balaban J connectivity index is 2.14. The first-order chi connectivity index (χ1) is 9.94. The molecule has 2 aromatic rings. The number of fused-ring (bicyclic) bond motifs is 3. The molecule has 5 nitrogen and oxygen atoms in total. The fraction of sp³-hybridized carbons (Fsp3) is 0.625. The second kappa shape index (κ2) is 4.90. The van der Waals surface area contributed by atoms with Crippen molar-refractivity contribution in [1.82, 2.24) is 14.4 Å². The number of nitrogens with zero attached hydrogens (tertiary/aromatic N) is 3. The topological polar surface area (TPSA) is 48.7 Å². The molecule has 1 atom stereocenters. The average Bonchev–Trinajstić information content (AvgIpc) is 2.82. The quantitative estimate of drug-likeness (QED) is 0.853. The lowest BCUT2D eigenvalue weighted by Gasteiger charge is -2.33. The summed E-state index contributed by atoms with van der Waals surface area (Å²) < 4.78 is 12.8.